The van der Waals surface area contributed by atoms with Crippen LogP contribution in [0.2, 0.25) is 0 Å². The maximum atomic E-state index is 14.2. The summed E-state index contributed by atoms with van der Waals surface area (Å²) in [6.07, 6.45) is 0. The van der Waals surface area contributed by atoms with Gasteiger partial charge in [-0.05, 0) is 18.2 Å². The van der Waals surface area contributed by atoms with E-state index in [2.05, 4.69) is 10.00 Å². The van der Waals surface area contributed by atoms with Crippen LogP contribution in [0.4, 0.5) is 10.1 Å². The molecule has 0 bridgehead atoms. The van der Waals surface area contributed by atoms with Crippen LogP contribution < -0.4 is 10.5 Å². The molecule has 138 valence electrons. The molecule has 0 N–H and O–H groups in total. The highest BCUT2D eigenvalue weighted by Gasteiger charge is 2.26. The van der Waals surface area contributed by atoms with Gasteiger partial charge in [0.25, 0.3) is 11.5 Å². The van der Waals surface area contributed by atoms with Crippen molar-refractivity contribution in [1.29, 1.82) is 0 Å². The van der Waals surface area contributed by atoms with Crippen LogP contribution >= 0.6 is 0 Å². The molecule has 0 aliphatic carbocycles. The van der Waals surface area contributed by atoms with Gasteiger partial charge in [0, 0.05) is 44.3 Å². The van der Waals surface area contributed by atoms with E-state index < -0.39 is 11.4 Å². The van der Waals surface area contributed by atoms with Crippen LogP contribution in [0, 0.1) is 5.82 Å². The number of benzene rings is 2. The van der Waals surface area contributed by atoms with E-state index >= 15 is 0 Å². The Balaban J connectivity index is 1.62. The number of aromatic nitrogens is 2. The fraction of sp³-hybridized carbons (Fsp3) is 0.250. The minimum absolute atomic E-state index is 0.0960. The van der Waals surface area contributed by atoms with Gasteiger partial charge in [-0.2, -0.15) is 5.10 Å². The predicted molar refractivity (Wildman–Crippen MR) is 102 cm³/mol. The van der Waals surface area contributed by atoms with Gasteiger partial charge in [-0.15, -0.1) is 0 Å². The first kappa shape index (κ1) is 17.2. The number of carbonyl (C=O) groups excluding carboxylic acids is 1. The summed E-state index contributed by atoms with van der Waals surface area (Å²) in [6.45, 7) is 2.48. The molecule has 0 atom stereocenters. The lowest BCUT2D eigenvalue weighted by molar-refractivity contribution is 0.0740. The van der Waals surface area contributed by atoms with Gasteiger partial charge in [-0.25, -0.2) is 9.07 Å². The van der Waals surface area contributed by atoms with Crippen molar-refractivity contribution < 1.29 is 9.18 Å². The van der Waals surface area contributed by atoms with Gasteiger partial charge in [0.1, 0.15) is 5.82 Å². The topological polar surface area (TPSA) is 58.4 Å². The van der Waals surface area contributed by atoms with Crippen LogP contribution in [0.25, 0.3) is 10.8 Å². The van der Waals surface area contributed by atoms with E-state index in [9.17, 15) is 14.0 Å². The highest BCUT2D eigenvalue weighted by Crippen LogP contribution is 2.20. The number of hydrogen-bond acceptors (Lipinski definition) is 4. The molecule has 6 nitrogen and oxygen atoms in total. The van der Waals surface area contributed by atoms with Crippen LogP contribution in [0.5, 0.6) is 0 Å². The summed E-state index contributed by atoms with van der Waals surface area (Å²) in [5.74, 6) is -0.924. The Labute approximate surface area is 155 Å². The molecule has 1 amide bonds. The van der Waals surface area contributed by atoms with Gasteiger partial charge >= 0.3 is 0 Å². The summed E-state index contributed by atoms with van der Waals surface area (Å²) < 4.78 is 15.2. The maximum absolute atomic E-state index is 14.2. The molecule has 0 radical (unpaired) electrons. The summed E-state index contributed by atoms with van der Waals surface area (Å²) in [7, 11) is 1.43. The van der Waals surface area contributed by atoms with Crippen molar-refractivity contribution in [3.63, 3.8) is 0 Å². The average molecular weight is 366 g/mol. The lowest BCUT2D eigenvalue weighted by atomic mass is 10.1. The Morgan fingerprint density at radius 1 is 1.00 bits per heavy atom. The molecule has 0 spiro atoms. The molecule has 2 aromatic carbocycles. The fourth-order valence-corrected chi connectivity index (χ4v) is 3.46. The number of anilines is 1. The quantitative estimate of drug-likeness (QED) is 0.696. The number of piperazine rings is 1. The van der Waals surface area contributed by atoms with E-state index in [1.165, 1.54) is 19.2 Å². The van der Waals surface area contributed by atoms with Crippen LogP contribution in [-0.4, -0.2) is 46.8 Å². The van der Waals surface area contributed by atoms with E-state index in [1.807, 2.05) is 30.3 Å². The third-order valence-electron chi connectivity index (χ3n) is 4.92. The number of nitrogens with zero attached hydrogens (tertiary/aromatic N) is 4. The number of amides is 1. The number of rotatable bonds is 2. The molecule has 7 heteroatoms. The molecule has 1 saturated heterocycles. The average Bonchev–Trinajstić information content (AvgIpc) is 2.71. The zero-order valence-electron chi connectivity index (χ0n) is 14.9. The molecule has 3 aromatic rings. The Bertz CT molecular complexity index is 1060. The zero-order chi connectivity index (χ0) is 19.0. The predicted octanol–water partition coefficient (Wildman–Crippen LogP) is 2.03. The molecule has 1 fully saturated rings. The summed E-state index contributed by atoms with van der Waals surface area (Å²) in [4.78, 5) is 29.2. The zero-order valence-corrected chi connectivity index (χ0v) is 14.9. The minimum atomic E-state index is -0.640. The molecule has 4 rings (SSSR count). The number of para-hydroxylation sites is 1. The van der Waals surface area contributed by atoms with Gasteiger partial charge in [-0.1, -0.05) is 30.3 Å². The van der Waals surface area contributed by atoms with Gasteiger partial charge in [0.15, 0.2) is 5.69 Å². The highest BCUT2D eigenvalue weighted by molar-refractivity contribution is 6.05. The first-order valence-electron chi connectivity index (χ1n) is 8.81. The second-order valence-corrected chi connectivity index (χ2v) is 6.55. The fourth-order valence-electron chi connectivity index (χ4n) is 3.46. The summed E-state index contributed by atoms with van der Waals surface area (Å²) in [5, 5.41) is 4.29. The molecule has 27 heavy (non-hydrogen) atoms. The summed E-state index contributed by atoms with van der Waals surface area (Å²) in [5.41, 5.74) is 0.686. The molecule has 1 aliphatic rings. The summed E-state index contributed by atoms with van der Waals surface area (Å²) in [6, 6.07) is 14.3. The normalized spacial score (nSPS) is 14.6. The van der Waals surface area contributed by atoms with Crippen molar-refractivity contribution in [2.24, 2.45) is 7.05 Å². The van der Waals surface area contributed by atoms with Crippen molar-refractivity contribution in [1.82, 2.24) is 14.7 Å². The second-order valence-electron chi connectivity index (χ2n) is 6.55. The lowest BCUT2D eigenvalue weighted by Gasteiger charge is -2.36. The largest absolute Gasteiger partial charge is 0.368 e. The molecule has 1 aliphatic heterocycles. The monoisotopic (exact) mass is 366 g/mol. The Kier molecular flexibility index (Phi) is 4.35. The highest BCUT2D eigenvalue weighted by atomic mass is 19.1. The van der Waals surface area contributed by atoms with Crippen molar-refractivity contribution in [3.05, 3.63) is 70.4 Å². The second kappa shape index (κ2) is 6.83. The van der Waals surface area contributed by atoms with Crippen LogP contribution in [0.1, 0.15) is 10.5 Å². The van der Waals surface area contributed by atoms with Crippen LogP contribution in [0.15, 0.2) is 53.3 Å². The molecular weight excluding hydrogens is 347 g/mol. The van der Waals surface area contributed by atoms with Gasteiger partial charge in [0.2, 0.25) is 0 Å². The first-order valence-corrected chi connectivity index (χ1v) is 8.81. The van der Waals surface area contributed by atoms with E-state index in [-0.39, 0.29) is 22.4 Å². The third-order valence-corrected chi connectivity index (χ3v) is 4.92. The molecule has 0 saturated carbocycles. The number of aryl methyl sites for hydroxylation is 1. The van der Waals surface area contributed by atoms with E-state index in [4.69, 9.17) is 0 Å². The Hall–Kier alpha value is -3.22. The number of fused-ring (bicyclic) bond motifs is 1. The third kappa shape index (κ3) is 3.05. The molecule has 0 unspecified atom stereocenters. The SMILES string of the molecule is Cn1nc(C(=O)N2CCN(c3ccccc3)CC2)c2cccc(F)c2c1=O. The molecule has 1 aromatic heterocycles. The summed E-state index contributed by atoms with van der Waals surface area (Å²) >= 11 is 0. The smallest absolute Gasteiger partial charge is 0.277 e. The molecule has 2 heterocycles. The van der Waals surface area contributed by atoms with E-state index in [1.54, 1.807) is 11.0 Å². The maximum Gasteiger partial charge on any atom is 0.277 e. The van der Waals surface area contributed by atoms with Crippen LogP contribution in [-0.2, 0) is 7.05 Å². The van der Waals surface area contributed by atoms with E-state index in [0.29, 0.717) is 26.2 Å². The number of hydrogen-bond donors (Lipinski definition) is 0. The lowest BCUT2D eigenvalue weighted by Crippen LogP contribution is -2.49. The van der Waals surface area contributed by atoms with Gasteiger partial charge < -0.3 is 9.80 Å². The van der Waals surface area contributed by atoms with Gasteiger partial charge in [-0.3, -0.25) is 9.59 Å². The van der Waals surface area contributed by atoms with Crippen molar-refractivity contribution in [3.8, 4) is 0 Å². The van der Waals surface area contributed by atoms with Crippen molar-refractivity contribution in [2.45, 2.75) is 0 Å². The van der Waals surface area contributed by atoms with Crippen molar-refractivity contribution >= 4 is 22.4 Å². The number of halogens is 1. The Morgan fingerprint density at radius 3 is 2.41 bits per heavy atom. The molecular formula is C20H19FN4O2. The van der Waals surface area contributed by atoms with E-state index in [0.717, 1.165) is 10.4 Å². The van der Waals surface area contributed by atoms with Crippen LogP contribution in [0.3, 0.4) is 0 Å². The van der Waals surface area contributed by atoms with Gasteiger partial charge in [0.05, 0.1) is 5.39 Å². The Morgan fingerprint density at radius 2 is 1.70 bits per heavy atom. The van der Waals surface area contributed by atoms with Crippen molar-refractivity contribution in [2.75, 3.05) is 31.1 Å². The standard InChI is InChI=1S/C20H19FN4O2/c1-23-19(26)17-15(8-5-9-16(17)21)18(22-23)20(27)25-12-10-24(11-13-25)14-6-3-2-4-7-14/h2-9H,10-13H2,1H3. The number of carbonyl (C=O) groups is 1. The minimum Gasteiger partial charge on any atom is -0.368 e. The first-order chi connectivity index (χ1) is 13.1.